The van der Waals surface area contributed by atoms with Gasteiger partial charge in [-0.3, -0.25) is 4.79 Å². The molecule has 5 aromatic rings. The van der Waals surface area contributed by atoms with E-state index in [1.54, 1.807) is 17.0 Å². The Morgan fingerprint density at radius 1 is 0.857 bits per heavy atom. The number of carbonyl (C=O) groups is 1. The van der Waals surface area contributed by atoms with E-state index >= 15 is 0 Å². The Labute approximate surface area is 205 Å². The maximum absolute atomic E-state index is 14.2. The van der Waals surface area contributed by atoms with Crippen LogP contribution in [0, 0.1) is 5.82 Å². The number of amides is 1. The Kier molecular flexibility index (Phi) is 5.30. The lowest BCUT2D eigenvalue weighted by atomic mass is 10.1. The zero-order valence-electron chi connectivity index (χ0n) is 18.6. The number of piperazine rings is 1. The SMILES string of the molecule is O=C(c1ccccc1F)N1CCN(c2nc3ccccc3c3nnc(-c4ccc(Cl)cc4)n23)CC1. The molecule has 1 aliphatic rings. The summed E-state index contributed by atoms with van der Waals surface area (Å²) in [6.45, 7) is 1.97. The first-order valence-corrected chi connectivity index (χ1v) is 11.7. The van der Waals surface area contributed by atoms with Gasteiger partial charge in [0, 0.05) is 42.2 Å². The predicted octanol–water partition coefficient (Wildman–Crippen LogP) is 4.70. The van der Waals surface area contributed by atoms with E-state index in [0.717, 1.165) is 16.5 Å². The summed E-state index contributed by atoms with van der Waals surface area (Å²) in [5.41, 5.74) is 2.49. The van der Waals surface area contributed by atoms with Gasteiger partial charge in [-0.2, -0.15) is 0 Å². The number of halogens is 2. The van der Waals surface area contributed by atoms with Crippen LogP contribution in [0.2, 0.25) is 5.02 Å². The van der Waals surface area contributed by atoms with Crippen LogP contribution in [0.3, 0.4) is 0 Å². The molecule has 1 fully saturated rings. The lowest BCUT2D eigenvalue weighted by Crippen LogP contribution is -2.49. The summed E-state index contributed by atoms with van der Waals surface area (Å²) in [5.74, 6) is 0.557. The number of hydrogen-bond acceptors (Lipinski definition) is 5. The van der Waals surface area contributed by atoms with Gasteiger partial charge in [0.1, 0.15) is 5.82 Å². The number of fused-ring (bicyclic) bond motifs is 3. The van der Waals surface area contributed by atoms with E-state index in [1.165, 1.54) is 12.1 Å². The van der Waals surface area contributed by atoms with Gasteiger partial charge < -0.3 is 9.80 Å². The molecule has 0 bridgehead atoms. The maximum atomic E-state index is 14.2. The van der Waals surface area contributed by atoms with Crippen LogP contribution in [-0.2, 0) is 0 Å². The van der Waals surface area contributed by atoms with Gasteiger partial charge in [-0.1, -0.05) is 35.9 Å². The number of aromatic nitrogens is 4. The number of hydrogen-bond donors (Lipinski definition) is 0. The number of rotatable bonds is 3. The van der Waals surface area contributed by atoms with Crippen LogP contribution in [-0.4, -0.2) is 56.6 Å². The van der Waals surface area contributed by atoms with Gasteiger partial charge in [-0.15, -0.1) is 10.2 Å². The van der Waals surface area contributed by atoms with E-state index in [1.807, 2.05) is 52.9 Å². The average molecular weight is 487 g/mol. The maximum Gasteiger partial charge on any atom is 0.256 e. The van der Waals surface area contributed by atoms with Crippen LogP contribution in [0.15, 0.2) is 72.8 Å². The minimum atomic E-state index is -0.505. The summed E-state index contributed by atoms with van der Waals surface area (Å²) in [7, 11) is 0. The van der Waals surface area contributed by atoms with Crippen molar-refractivity contribution in [1.29, 1.82) is 0 Å². The molecule has 0 unspecified atom stereocenters. The number of benzene rings is 3. The highest BCUT2D eigenvalue weighted by Gasteiger charge is 2.27. The van der Waals surface area contributed by atoms with Crippen molar-refractivity contribution in [3.63, 3.8) is 0 Å². The molecule has 7 nitrogen and oxygen atoms in total. The monoisotopic (exact) mass is 486 g/mol. The summed E-state index contributed by atoms with van der Waals surface area (Å²) in [4.78, 5) is 21.7. The van der Waals surface area contributed by atoms with Crippen molar-refractivity contribution in [1.82, 2.24) is 24.5 Å². The smallest absolute Gasteiger partial charge is 0.256 e. The van der Waals surface area contributed by atoms with E-state index in [2.05, 4.69) is 15.1 Å². The first-order chi connectivity index (χ1) is 17.1. The molecule has 9 heteroatoms. The highest BCUT2D eigenvalue weighted by atomic mass is 35.5. The van der Waals surface area contributed by atoms with E-state index in [4.69, 9.17) is 16.6 Å². The second kappa shape index (κ2) is 8.63. The molecule has 0 radical (unpaired) electrons. The molecule has 174 valence electrons. The number of carbonyl (C=O) groups excluding carboxylic acids is 1. The van der Waals surface area contributed by atoms with Crippen molar-refractivity contribution < 1.29 is 9.18 Å². The van der Waals surface area contributed by atoms with Crippen LogP contribution >= 0.6 is 11.6 Å². The Morgan fingerprint density at radius 2 is 1.57 bits per heavy atom. The second-order valence-electron chi connectivity index (χ2n) is 8.38. The largest absolute Gasteiger partial charge is 0.338 e. The molecule has 0 saturated carbocycles. The van der Waals surface area contributed by atoms with Gasteiger partial charge in [0.25, 0.3) is 5.91 Å². The van der Waals surface area contributed by atoms with Gasteiger partial charge >= 0.3 is 0 Å². The molecule has 2 aromatic heterocycles. The van der Waals surface area contributed by atoms with E-state index in [-0.39, 0.29) is 11.5 Å². The third-order valence-electron chi connectivity index (χ3n) is 6.28. The third-order valence-corrected chi connectivity index (χ3v) is 6.54. The van der Waals surface area contributed by atoms with E-state index < -0.39 is 5.82 Å². The fourth-order valence-electron chi connectivity index (χ4n) is 4.48. The fraction of sp³-hybridized carbons (Fsp3) is 0.154. The Hall–Kier alpha value is -4.04. The second-order valence-corrected chi connectivity index (χ2v) is 8.81. The van der Waals surface area contributed by atoms with Crippen LogP contribution < -0.4 is 4.90 Å². The third kappa shape index (κ3) is 3.76. The minimum absolute atomic E-state index is 0.0935. The summed E-state index contributed by atoms with van der Waals surface area (Å²) >= 11 is 6.10. The summed E-state index contributed by atoms with van der Waals surface area (Å²) in [6, 6.07) is 21.4. The lowest BCUT2D eigenvalue weighted by molar-refractivity contribution is 0.0741. The number of nitrogens with zero attached hydrogens (tertiary/aromatic N) is 6. The standard InChI is InChI=1S/C26H20ClFN6O/c27-18-11-9-17(10-12-18)23-30-31-24-20-6-2-4-8-22(20)29-26(34(23)24)33-15-13-32(14-16-33)25(35)19-5-1-3-7-21(19)28/h1-12H,13-16H2. The molecule has 0 N–H and O–H groups in total. The van der Waals surface area contributed by atoms with Gasteiger partial charge in [0.05, 0.1) is 11.1 Å². The number of para-hydroxylation sites is 1. The highest BCUT2D eigenvalue weighted by molar-refractivity contribution is 6.30. The zero-order valence-corrected chi connectivity index (χ0v) is 19.4. The van der Waals surface area contributed by atoms with Gasteiger partial charge in [-0.25, -0.2) is 13.8 Å². The first kappa shape index (κ1) is 21.5. The Morgan fingerprint density at radius 3 is 2.34 bits per heavy atom. The Balaban J connectivity index is 1.38. The Bertz CT molecular complexity index is 1560. The normalized spacial score (nSPS) is 14.1. The lowest BCUT2D eigenvalue weighted by Gasteiger charge is -2.35. The quantitative estimate of drug-likeness (QED) is 0.370. The van der Waals surface area contributed by atoms with E-state index in [0.29, 0.717) is 48.6 Å². The van der Waals surface area contributed by atoms with E-state index in [9.17, 15) is 9.18 Å². The van der Waals surface area contributed by atoms with Gasteiger partial charge in [0.15, 0.2) is 11.5 Å². The minimum Gasteiger partial charge on any atom is -0.338 e. The van der Waals surface area contributed by atoms with Crippen molar-refractivity contribution in [3.05, 3.63) is 89.2 Å². The molecule has 3 heterocycles. The van der Waals surface area contributed by atoms with Crippen molar-refractivity contribution >= 4 is 40.0 Å². The molecular weight excluding hydrogens is 467 g/mol. The molecule has 0 atom stereocenters. The predicted molar refractivity (Wildman–Crippen MR) is 133 cm³/mol. The fourth-order valence-corrected chi connectivity index (χ4v) is 4.60. The van der Waals surface area contributed by atoms with Crippen LogP contribution in [0.5, 0.6) is 0 Å². The summed E-state index contributed by atoms with van der Waals surface area (Å²) in [5, 5.41) is 10.5. The van der Waals surface area contributed by atoms with Crippen molar-refractivity contribution in [2.24, 2.45) is 0 Å². The molecule has 3 aromatic carbocycles. The molecule has 6 rings (SSSR count). The molecular formula is C26H20ClFN6O. The van der Waals surface area contributed by atoms with Crippen molar-refractivity contribution in [3.8, 4) is 11.4 Å². The molecule has 1 amide bonds. The first-order valence-electron chi connectivity index (χ1n) is 11.3. The average Bonchev–Trinajstić information content (AvgIpc) is 3.34. The summed E-state index contributed by atoms with van der Waals surface area (Å²) < 4.78 is 16.1. The van der Waals surface area contributed by atoms with Crippen LogP contribution in [0.25, 0.3) is 27.9 Å². The van der Waals surface area contributed by atoms with Crippen molar-refractivity contribution in [2.45, 2.75) is 0 Å². The zero-order chi connectivity index (χ0) is 23.9. The van der Waals surface area contributed by atoms with Gasteiger partial charge in [-0.05, 0) is 48.5 Å². The number of anilines is 1. The molecule has 1 aliphatic heterocycles. The molecule has 35 heavy (non-hydrogen) atoms. The highest BCUT2D eigenvalue weighted by Crippen LogP contribution is 2.29. The molecule has 0 aliphatic carbocycles. The topological polar surface area (TPSA) is 66.6 Å². The van der Waals surface area contributed by atoms with Crippen LogP contribution in [0.1, 0.15) is 10.4 Å². The molecule has 0 spiro atoms. The molecule has 1 saturated heterocycles. The van der Waals surface area contributed by atoms with Crippen LogP contribution in [0.4, 0.5) is 10.3 Å². The van der Waals surface area contributed by atoms with Gasteiger partial charge in [0.2, 0.25) is 5.95 Å². The summed E-state index contributed by atoms with van der Waals surface area (Å²) in [6.07, 6.45) is 0. The van der Waals surface area contributed by atoms with Crippen molar-refractivity contribution in [2.75, 3.05) is 31.1 Å².